The Balaban J connectivity index is 1.08. The van der Waals surface area contributed by atoms with Crippen molar-refractivity contribution in [1.82, 2.24) is 18.3 Å². The third kappa shape index (κ3) is 10.5. The molecule has 0 saturated heterocycles. The van der Waals surface area contributed by atoms with E-state index in [1.165, 1.54) is 49.1 Å². The van der Waals surface area contributed by atoms with Gasteiger partial charge in [0.25, 0.3) is 17.7 Å². The summed E-state index contributed by atoms with van der Waals surface area (Å²) in [7, 11) is 9.37. The second-order valence-corrected chi connectivity index (χ2v) is 13.8. The topological polar surface area (TPSA) is 233 Å². The fraction of sp³-hybridized carbons (Fsp3) is 0.317. The van der Waals surface area contributed by atoms with Crippen molar-refractivity contribution >= 4 is 64.0 Å². The second-order valence-electron chi connectivity index (χ2n) is 13.8. The van der Waals surface area contributed by atoms with Crippen LogP contribution in [0.1, 0.15) is 84.9 Å². The van der Waals surface area contributed by atoms with Crippen molar-refractivity contribution in [1.29, 1.82) is 0 Å². The van der Waals surface area contributed by atoms with Gasteiger partial charge in [-0.05, 0) is 50.5 Å². The molecule has 4 aromatic heterocycles. The second kappa shape index (κ2) is 19.3. The lowest BCUT2D eigenvalue weighted by Crippen LogP contribution is -2.15. The number of amides is 4. The minimum absolute atomic E-state index is 0.195. The number of carbonyl (C=O) groups excluding carboxylic acids is 6. The smallest absolute Gasteiger partial charge is 0.354 e. The standard InChI is InChI=1S/C41H49N9O10/c1-8-59-40(55)28-18-34(57-6)35(19-29(28)42)60-13-11-9-10-12-36(51)43-24-14-30(47(2)20-24)37(52)44-25-15-31(48(3)21-25)38(53)45-26-16-32(49(4)22-26)39(54)46-27-17-33(41(56)58-7)50(5)23-27/h14-23H,8-13,42H2,1-7H3,(H,43,51)(H,44,52)(H,45,53)(H,46,54). The molecule has 60 heavy (non-hydrogen) atoms. The van der Waals surface area contributed by atoms with Crippen LogP contribution in [-0.4, -0.2) is 81.3 Å². The normalized spacial score (nSPS) is 10.8. The Morgan fingerprint density at radius 3 is 1.52 bits per heavy atom. The van der Waals surface area contributed by atoms with Crippen LogP contribution in [0, 0.1) is 0 Å². The van der Waals surface area contributed by atoms with Crippen LogP contribution in [0.25, 0.3) is 0 Å². The number of aromatic nitrogens is 4. The summed E-state index contributed by atoms with van der Waals surface area (Å²) in [6.07, 6.45) is 8.57. The van der Waals surface area contributed by atoms with Gasteiger partial charge in [-0.15, -0.1) is 0 Å². The van der Waals surface area contributed by atoms with E-state index in [0.29, 0.717) is 60.1 Å². The summed E-state index contributed by atoms with van der Waals surface area (Å²) in [5.41, 5.74) is 9.02. The van der Waals surface area contributed by atoms with Gasteiger partial charge in [0.1, 0.15) is 22.8 Å². The lowest BCUT2D eigenvalue weighted by molar-refractivity contribution is -0.116. The van der Waals surface area contributed by atoms with Crippen LogP contribution >= 0.6 is 0 Å². The zero-order valence-electron chi connectivity index (χ0n) is 34.5. The molecule has 5 rings (SSSR count). The van der Waals surface area contributed by atoms with Crippen LogP contribution in [0.4, 0.5) is 28.4 Å². The number of hydrogen-bond acceptors (Lipinski definition) is 11. The average molecular weight is 828 g/mol. The molecule has 6 N–H and O–H groups in total. The van der Waals surface area contributed by atoms with Gasteiger partial charge in [0, 0.05) is 71.5 Å². The first-order valence-corrected chi connectivity index (χ1v) is 18.9. The Bertz CT molecular complexity index is 2420. The van der Waals surface area contributed by atoms with Gasteiger partial charge in [-0.2, -0.15) is 0 Å². The number of unbranched alkanes of at least 4 members (excludes halogenated alkanes) is 2. The fourth-order valence-electron chi connectivity index (χ4n) is 6.31. The fourth-order valence-corrected chi connectivity index (χ4v) is 6.31. The molecule has 318 valence electrons. The van der Waals surface area contributed by atoms with Crippen LogP contribution in [0.3, 0.4) is 0 Å². The van der Waals surface area contributed by atoms with E-state index >= 15 is 0 Å². The molecule has 4 heterocycles. The van der Waals surface area contributed by atoms with Crippen molar-refractivity contribution in [2.45, 2.75) is 32.6 Å². The number of anilines is 5. The van der Waals surface area contributed by atoms with E-state index in [1.54, 1.807) is 79.7 Å². The SMILES string of the molecule is CCOC(=O)c1cc(OC)c(OCCCCCC(=O)Nc2cc(C(=O)Nc3cc(C(=O)Nc4cc(C(=O)Nc5cc(C(=O)OC)n(C)c5)n(C)c4)n(C)c3)n(C)c2)cc1N. The van der Waals surface area contributed by atoms with E-state index in [1.807, 2.05) is 0 Å². The highest BCUT2D eigenvalue weighted by Gasteiger charge is 2.21. The average Bonchev–Trinajstić information content (AvgIpc) is 3.97. The molecule has 19 nitrogen and oxygen atoms in total. The molecule has 4 amide bonds. The predicted molar refractivity (Wildman–Crippen MR) is 223 cm³/mol. The van der Waals surface area contributed by atoms with Crippen LogP contribution in [-0.2, 0) is 42.5 Å². The first kappa shape index (κ1) is 43.7. The van der Waals surface area contributed by atoms with Gasteiger partial charge in [-0.1, -0.05) is 0 Å². The van der Waals surface area contributed by atoms with E-state index in [9.17, 15) is 28.8 Å². The Hall–Kier alpha value is -7.44. The molecule has 0 unspecified atom stereocenters. The monoisotopic (exact) mass is 827 g/mol. The Morgan fingerprint density at radius 1 is 0.583 bits per heavy atom. The van der Waals surface area contributed by atoms with Crippen LogP contribution < -0.4 is 36.5 Å². The quantitative estimate of drug-likeness (QED) is 0.0452. The molecule has 0 aliphatic carbocycles. The molecule has 5 aromatic rings. The maximum Gasteiger partial charge on any atom is 0.354 e. The molecule has 0 fully saturated rings. The summed E-state index contributed by atoms with van der Waals surface area (Å²) in [5, 5.41) is 11.1. The number of hydrogen-bond donors (Lipinski definition) is 5. The van der Waals surface area contributed by atoms with Crippen molar-refractivity contribution < 1.29 is 47.7 Å². The van der Waals surface area contributed by atoms with Crippen molar-refractivity contribution in [3.8, 4) is 11.5 Å². The summed E-state index contributed by atoms with van der Waals surface area (Å²) >= 11 is 0. The number of ether oxygens (including phenoxy) is 4. The van der Waals surface area contributed by atoms with E-state index < -0.39 is 29.7 Å². The van der Waals surface area contributed by atoms with E-state index in [0.717, 1.165) is 0 Å². The van der Waals surface area contributed by atoms with Gasteiger partial charge in [0.2, 0.25) is 5.91 Å². The third-order valence-corrected chi connectivity index (χ3v) is 9.31. The van der Waals surface area contributed by atoms with Crippen molar-refractivity contribution in [2.75, 3.05) is 54.4 Å². The Kier molecular flexibility index (Phi) is 14.1. The lowest BCUT2D eigenvalue weighted by Gasteiger charge is -2.14. The molecule has 0 aliphatic rings. The summed E-state index contributed by atoms with van der Waals surface area (Å²) in [4.78, 5) is 76.3. The highest BCUT2D eigenvalue weighted by atomic mass is 16.5. The maximum absolute atomic E-state index is 13.3. The van der Waals surface area contributed by atoms with Crippen LogP contribution in [0.2, 0.25) is 0 Å². The van der Waals surface area contributed by atoms with Crippen molar-refractivity contribution in [3.63, 3.8) is 0 Å². The molecule has 0 bridgehead atoms. The molecule has 19 heteroatoms. The Morgan fingerprint density at radius 2 is 1.05 bits per heavy atom. The van der Waals surface area contributed by atoms with Gasteiger partial charge < -0.3 is 64.2 Å². The van der Waals surface area contributed by atoms with E-state index in [4.69, 9.17) is 24.7 Å². The molecular formula is C41H49N9O10. The zero-order chi connectivity index (χ0) is 43.7. The number of nitrogen functional groups attached to an aromatic ring is 1. The van der Waals surface area contributed by atoms with E-state index in [-0.39, 0.29) is 53.0 Å². The molecule has 1 aromatic carbocycles. The number of carbonyl (C=O) groups is 6. The largest absolute Gasteiger partial charge is 0.493 e. The van der Waals surface area contributed by atoms with Gasteiger partial charge in [-0.3, -0.25) is 19.2 Å². The number of rotatable bonds is 18. The molecule has 0 radical (unpaired) electrons. The minimum atomic E-state index is -0.547. The van der Waals surface area contributed by atoms with Crippen molar-refractivity contribution in [3.05, 3.63) is 89.5 Å². The highest BCUT2D eigenvalue weighted by molar-refractivity contribution is 6.09. The number of methoxy groups -OCH3 is 2. The number of aryl methyl sites for hydroxylation is 4. The van der Waals surface area contributed by atoms with Gasteiger partial charge in [-0.25, -0.2) is 9.59 Å². The number of nitrogens with two attached hydrogens (primary N) is 1. The molecule has 0 atom stereocenters. The third-order valence-electron chi connectivity index (χ3n) is 9.31. The number of nitrogens with one attached hydrogen (secondary N) is 4. The van der Waals surface area contributed by atoms with E-state index in [2.05, 4.69) is 21.3 Å². The summed E-state index contributed by atoms with van der Waals surface area (Å²) in [5.74, 6) is -1.96. The zero-order valence-corrected chi connectivity index (χ0v) is 34.5. The molecular weight excluding hydrogens is 779 g/mol. The molecule has 0 spiro atoms. The lowest BCUT2D eigenvalue weighted by atomic mass is 10.1. The first-order valence-electron chi connectivity index (χ1n) is 18.9. The Labute approximate surface area is 345 Å². The summed E-state index contributed by atoms with van der Waals surface area (Å²) in [6, 6.07) is 9.09. The van der Waals surface area contributed by atoms with Gasteiger partial charge in [0.15, 0.2) is 11.5 Å². The number of benzene rings is 1. The highest BCUT2D eigenvalue weighted by Crippen LogP contribution is 2.33. The molecule has 0 aliphatic heterocycles. The van der Waals surface area contributed by atoms with Crippen molar-refractivity contribution in [2.24, 2.45) is 28.2 Å². The number of esters is 2. The van der Waals surface area contributed by atoms with Crippen LogP contribution in [0.5, 0.6) is 11.5 Å². The van der Waals surface area contributed by atoms with Gasteiger partial charge in [0.05, 0.1) is 61.4 Å². The predicted octanol–water partition coefficient (Wildman–Crippen LogP) is 4.93. The molecule has 0 saturated carbocycles. The summed E-state index contributed by atoms with van der Waals surface area (Å²) in [6.45, 7) is 2.26. The first-order chi connectivity index (χ1) is 28.6. The summed E-state index contributed by atoms with van der Waals surface area (Å²) < 4.78 is 27.2. The maximum atomic E-state index is 13.3. The van der Waals surface area contributed by atoms with Crippen LogP contribution in [0.15, 0.2) is 61.2 Å². The number of nitrogens with zero attached hydrogens (tertiary/aromatic N) is 4. The minimum Gasteiger partial charge on any atom is -0.493 e. The van der Waals surface area contributed by atoms with Gasteiger partial charge >= 0.3 is 11.9 Å².